The van der Waals surface area contributed by atoms with Crippen molar-refractivity contribution in [1.29, 1.82) is 0 Å². The molecule has 0 radical (unpaired) electrons. The van der Waals surface area contributed by atoms with E-state index in [9.17, 15) is 15.0 Å². The number of nitrogens with one attached hydrogen (secondary N) is 1. The summed E-state index contributed by atoms with van der Waals surface area (Å²) in [6.45, 7) is 1.99. The van der Waals surface area contributed by atoms with Crippen LogP contribution >= 0.6 is 0 Å². The predicted octanol–water partition coefficient (Wildman–Crippen LogP) is 2.89. The molecule has 0 fully saturated rings. The third-order valence-corrected chi connectivity index (χ3v) is 3.77. The Bertz CT molecular complexity index is 772. The number of aromatic hydroxyl groups is 2. The van der Waals surface area contributed by atoms with E-state index in [0.717, 1.165) is 23.3 Å². The Balaban J connectivity index is 1.78. The summed E-state index contributed by atoms with van der Waals surface area (Å²) < 4.78 is 5.23. The Morgan fingerprint density at radius 3 is 2.80 bits per heavy atom. The summed E-state index contributed by atoms with van der Waals surface area (Å²) >= 11 is 0. The first-order valence-corrected chi connectivity index (χ1v) is 7.97. The number of hydrogen-bond acceptors (Lipinski definition) is 5. The van der Waals surface area contributed by atoms with E-state index in [2.05, 4.69) is 16.6 Å². The SMILES string of the molecule is COc1ccc(CCCC(=O)NN=Cc2cccc(O)c2O)cc1C. The molecule has 132 valence electrons. The molecular formula is C19H22N2O4. The van der Waals surface area contributed by atoms with Gasteiger partial charge in [0.15, 0.2) is 11.5 Å². The molecule has 0 aromatic heterocycles. The monoisotopic (exact) mass is 342 g/mol. The zero-order valence-electron chi connectivity index (χ0n) is 14.3. The Hall–Kier alpha value is -3.02. The van der Waals surface area contributed by atoms with Crippen molar-refractivity contribution in [1.82, 2.24) is 5.43 Å². The fourth-order valence-electron chi connectivity index (χ4n) is 2.43. The van der Waals surface area contributed by atoms with Crippen LogP contribution in [0.5, 0.6) is 17.2 Å². The molecule has 2 aromatic rings. The number of phenols is 2. The van der Waals surface area contributed by atoms with Crippen molar-refractivity contribution < 1.29 is 19.7 Å². The van der Waals surface area contributed by atoms with Gasteiger partial charge >= 0.3 is 0 Å². The number of methoxy groups -OCH3 is 1. The highest BCUT2D eigenvalue weighted by atomic mass is 16.5. The Kier molecular flexibility index (Phi) is 6.39. The van der Waals surface area contributed by atoms with Crippen LogP contribution in [0, 0.1) is 6.92 Å². The number of carbonyl (C=O) groups is 1. The molecule has 0 bridgehead atoms. The maximum atomic E-state index is 11.8. The van der Waals surface area contributed by atoms with E-state index in [4.69, 9.17) is 4.74 Å². The molecule has 0 spiro atoms. The summed E-state index contributed by atoms with van der Waals surface area (Å²) in [6.07, 6.45) is 3.12. The summed E-state index contributed by atoms with van der Waals surface area (Å²) in [5.74, 6) is 0.146. The van der Waals surface area contributed by atoms with Crippen molar-refractivity contribution in [3.63, 3.8) is 0 Å². The minimum Gasteiger partial charge on any atom is -0.504 e. The van der Waals surface area contributed by atoms with Crippen molar-refractivity contribution in [2.45, 2.75) is 26.2 Å². The van der Waals surface area contributed by atoms with Gasteiger partial charge in [-0.1, -0.05) is 18.2 Å². The molecule has 0 heterocycles. The van der Waals surface area contributed by atoms with Gasteiger partial charge in [-0.3, -0.25) is 4.79 Å². The molecule has 0 unspecified atom stereocenters. The number of hydrogen-bond donors (Lipinski definition) is 3. The van der Waals surface area contributed by atoms with Gasteiger partial charge in [0.1, 0.15) is 5.75 Å². The van der Waals surface area contributed by atoms with Gasteiger partial charge in [0.25, 0.3) is 0 Å². The van der Waals surface area contributed by atoms with E-state index in [1.807, 2.05) is 19.1 Å². The number of aryl methyl sites for hydroxylation is 2. The minimum absolute atomic E-state index is 0.207. The second-order valence-electron chi connectivity index (χ2n) is 5.67. The number of carbonyl (C=O) groups excluding carboxylic acids is 1. The number of rotatable bonds is 7. The van der Waals surface area contributed by atoms with Gasteiger partial charge in [0, 0.05) is 12.0 Å². The number of benzene rings is 2. The highest BCUT2D eigenvalue weighted by molar-refractivity contribution is 5.86. The molecule has 1 amide bonds. The predicted molar refractivity (Wildman–Crippen MR) is 96.2 cm³/mol. The summed E-state index contributed by atoms with van der Waals surface area (Å²) in [5, 5.41) is 22.8. The van der Waals surface area contributed by atoms with Crippen LogP contribution in [0.1, 0.15) is 29.5 Å². The van der Waals surface area contributed by atoms with E-state index in [1.54, 1.807) is 19.2 Å². The lowest BCUT2D eigenvalue weighted by Crippen LogP contribution is -2.17. The molecular weight excluding hydrogens is 320 g/mol. The summed E-state index contributed by atoms with van der Waals surface area (Å²) in [6, 6.07) is 10.5. The van der Waals surface area contributed by atoms with Crippen LogP contribution < -0.4 is 10.2 Å². The number of phenolic OH excluding ortho intramolecular Hbond substituents is 2. The molecule has 25 heavy (non-hydrogen) atoms. The van der Waals surface area contributed by atoms with Gasteiger partial charge in [-0.25, -0.2) is 5.43 Å². The first kappa shape index (κ1) is 18.3. The third kappa shape index (κ3) is 5.24. The lowest BCUT2D eigenvalue weighted by molar-refractivity contribution is -0.121. The van der Waals surface area contributed by atoms with E-state index < -0.39 is 0 Å². The molecule has 6 nitrogen and oxygen atoms in total. The Labute approximate surface area is 146 Å². The van der Waals surface area contributed by atoms with Gasteiger partial charge < -0.3 is 14.9 Å². The van der Waals surface area contributed by atoms with E-state index in [1.165, 1.54) is 12.3 Å². The van der Waals surface area contributed by atoms with Crippen LogP contribution in [0.15, 0.2) is 41.5 Å². The van der Waals surface area contributed by atoms with Gasteiger partial charge in [-0.15, -0.1) is 0 Å². The van der Waals surface area contributed by atoms with Gasteiger partial charge in [-0.2, -0.15) is 5.10 Å². The molecule has 0 aliphatic carbocycles. The lowest BCUT2D eigenvalue weighted by atomic mass is 10.1. The third-order valence-electron chi connectivity index (χ3n) is 3.77. The zero-order chi connectivity index (χ0) is 18.2. The molecule has 0 saturated carbocycles. The van der Waals surface area contributed by atoms with Crippen LogP contribution in [0.4, 0.5) is 0 Å². The quantitative estimate of drug-likeness (QED) is 0.410. The Morgan fingerprint density at radius 2 is 2.08 bits per heavy atom. The number of nitrogens with zero attached hydrogens (tertiary/aromatic N) is 1. The summed E-state index contributed by atoms with van der Waals surface area (Å²) in [7, 11) is 1.64. The largest absolute Gasteiger partial charge is 0.504 e. The zero-order valence-corrected chi connectivity index (χ0v) is 14.3. The van der Waals surface area contributed by atoms with Crippen molar-refractivity contribution in [2.24, 2.45) is 5.10 Å². The maximum Gasteiger partial charge on any atom is 0.240 e. The van der Waals surface area contributed by atoms with Gasteiger partial charge in [0.2, 0.25) is 5.91 Å². The first-order valence-electron chi connectivity index (χ1n) is 7.97. The van der Waals surface area contributed by atoms with Gasteiger partial charge in [0.05, 0.1) is 13.3 Å². The van der Waals surface area contributed by atoms with E-state index in [0.29, 0.717) is 18.4 Å². The molecule has 3 N–H and O–H groups in total. The van der Waals surface area contributed by atoms with E-state index in [-0.39, 0.29) is 17.4 Å². The molecule has 0 aliphatic heterocycles. The fraction of sp³-hybridized carbons (Fsp3) is 0.263. The van der Waals surface area contributed by atoms with Crippen LogP contribution in [0.25, 0.3) is 0 Å². The molecule has 2 rings (SSSR count). The first-order chi connectivity index (χ1) is 12.0. The van der Waals surface area contributed by atoms with Crippen molar-refractivity contribution >= 4 is 12.1 Å². The van der Waals surface area contributed by atoms with Crippen LogP contribution in [0.3, 0.4) is 0 Å². The van der Waals surface area contributed by atoms with Crippen LogP contribution in [-0.4, -0.2) is 29.4 Å². The number of ether oxygens (including phenoxy) is 1. The summed E-state index contributed by atoms with van der Waals surface area (Å²) in [4.78, 5) is 11.8. The topological polar surface area (TPSA) is 91.2 Å². The highest BCUT2D eigenvalue weighted by Crippen LogP contribution is 2.26. The van der Waals surface area contributed by atoms with Crippen LogP contribution in [0.2, 0.25) is 0 Å². The Morgan fingerprint density at radius 1 is 1.28 bits per heavy atom. The van der Waals surface area contributed by atoms with Gasteiger partial charge in [-0.05, 0) is 49.1 Å². The maximum absolute atomic E-state index is 11.8. The average molecular weight is 342 g/mol. The number of amides is 1. The molecule has 0 aliphatic rings. The average Bonchev–Trinajstić information content (AvgIpc) is 2.59. The van der Waals surface area contributed by atoms with Crippen molar-refractivity contribution in [2.75, 3.05) is 7.11 Å². The van der Waals surface area contributed by atoms with Crippen molar-refractivity contribution in [3.05, 3.63) is 53.1 Å². The lowest BCUT2D eigenvalue weighted by Gasteiger charge is -2.07. The standard InChI is InChI=1S/C19H22N2O4/c1-13-11-14(9-10-17(13)25-2)5-3-8-18(23)21-20-12-15-6-4-7-16(22)19(15)24/h4,6-7,9-12,22,24H,3,5,8H2,1-2H3,(H,21,23). The summed E-state index contributed by atoms with van der Waals surface area (Å²) in [5.41, 5.74) is 4.96. The smallest absolute Gasteiger partial charge is 0.240 e. The van der Waals surface area contributed by atoms with Crippen LogP contribution in [-0.2, 0) is 11.2 Å². The normalized spacial score (nSPS) is 10.8. The van der Waals surface area contributed by atoms with E-state index >= 15 is 0 Å². The van der Waals surface area contributed by atoms with Crippen molar-refractivity contribution in [3.8, 4) is 17.2 Å². The second-order valence-corrected chi connectivity index (χ2v) is 5.67. The number of para-hydroxylation sites is 1. The minimum atomic E-state index is -0.268. The molecule has 0 atom stereocenters. The number of hydrazone groups is 1. The fourth-order valence-corrected chi connectivity index (χ4v) is 2.43. The highest BCUT2D eigenvalue weighted by Gasteiger charge is 2.05. The molecule has 2 aromatic carbocycles. The molecule has 0 saturated heterocycles. The second kappa shape index (κ2) is 8.73. The molecule has 6 heteroatoms.